The molecular formula is C32H38N2O3. The number of anilines is 1. The number of benzene rings is 2. The second-order valence-electron chi connectivity index (χ2n) is 10.9. The summed E-state index contributed by atoms with van der Waals surface area (Å²) in [5, 5.41) is 1.17. The van der Waals surface area contributed by atoms with Crippen molar-refractivity contribution in [1.82, 2.24) is 4.98 Å². The monoisotopic (exact) mass is 498 g/mol. The molecule has 2 aliphatic rings. The molecule has 5 rings (SSSR count). The highest BCUT2D eigenvalue weighted by Crippen LogP contribution is 2.39. The van der Waals surface area contributed by atoms with Gasteiger partial charge in [-0.1, -0.05) is 49.2 Å². The van der Waals surface area contributed by atoms with E-state index in [1.54, 1.807) is 0 Å². The summed E-state index contributed by atoms with van der Waals surface area (Å²) in [4.78, 5) is 32.7. The van der Waals surface area contributed by atoms with Gasteiger partial charge in [0, 0.05) is 30.8 Å². The SMILES string of the molecule is COC(=O)c1ccccc1CC[C@@H]1CCC[C@@H]1CC(=O)C1CCN(c2ccc3cccc(C)c3n2)CC1. The number of fused-ring (bicyclic) bond motifs is 1. The van der Waals surface area contributed by atoms with E-state index in [4.69, 9.17) is 9.72 Å². The first kappa shape index (κ1) is 25.4. The molecule has 1 aliphatic heterocycles. The Hall–Kier alpha value is -3.21. The molecule has 2 heterocycles. The third-order valence-electron chi connectivity index (χ3n) is 8.67. The summed E-state index contributed by atoms with van der Waals surface area (Å²) >= 11 is 0. The molecule has 3 aromatic rings. The van der Waals surface area contributed by atoms with Gasteiger partial charge in [-0.25, -0.2) is 9.78 Å². The number of ether oxygens (including phenoxy) is 1. The minimum atomic E-state index is -0.269. The van der Waals surface area contributed by atoms with E-state index in [2.05, 4.69) is 42.2 Å². The normalized spacial score (nSPS) is 20.3. The predicted octanol–water partition coefficient (Wildman–Crippen LogP) is 6.55. The quantitative estimate of drug-likeness (QED) is 0.329. The lowest BCUT2D eigenvalue weighted by Gasteiger charge is -2.33. The number of nitrogens with zero attached hydrogens (tertiary/aromatic N) is 2. The molecule has 1 aromatic heterocycles. The van der Waals surface area contributed by atoms with E-state index >= 15 is 0 Å². The summed E-state index contributed by atoms with van der Waals surface area (Å²) in [5.41, 5.74) is 3.98. The Labute approximate surface area is 220 Å². The maximum absolute atomic E-state index is 13.3. The van der Waals surface area contributed by atoms with Crippen LogP contribution < -0.4 is 4.90 Å². The summed E-state index contributed by atoms with van der Waals surface area (Å²) in [6.45, 7) is 3.89. The Balaban J connectivity index is 1.14. The number of pyridine rings is 1. The summed E-state index contributed by atoms with van der Waals surface area (Å²) in [5.74, 6) is 2.40. The fourth-order valence-electron chi connectivity index (χ4n) is 6.47. The first-order valence-electron chi connectivity index (χ1n) is 13.8. The molecule has 2 fully saturated rings. The van der Waals surface area contributed by atoms with Crippen LogP contribution in [0.15, 0.2) is 54.6 Å². The van der Waals surface area contributed by atoms with Crippen molar-refractivity contribution < 1.29 is 14.3 Å². The van der Waals surface area contributed by atoms with E-state index in [-0.39, 0.29) is 11.9 Å². The minimum Gasteiger partial charge on any atom is -0.465 e. The molecule has 5 heteroatoms. The van der Waals surface area contributed by atoms with Crippen molar-refractivity contribution in [3.8, 4) is 0 Å². The smallest absolute Gasteiger partial charge is 0.338 e. The molecule has 194 valence electrons. The maximum Gasteiger partial charge on any atom is 0.338 e. The number of esters is 1. The third-order valence-corrected chi connectivity index (χ3v) is 8.67. The fourth-order valence-corrected chi connectivity index (χ4v) is 6.47. The van der Waals surface area contributed by atoms with Crippen molar-refractivity contribution in [2.75, 3.05) is 25.1 Å². The highest BCUT2D eigenvalue weighted by Gasteiger charge is 2.33. The van der Waals surface area contributed by atoms with Crippen LogP contribution in [0.2, 0.25) is 0 Å². The van der Waals surface area contributed by atoms with Gasteiger partial charge in [-0.3, -0.25) is 4.79 Å². The van der Waals surface area contributed by atoms with E-state index < -0.39 is 0 Å². The van der Waals surface area contributed by atoms with Crippen LogP contribution in [0.25, 0.3) is 10.9 Å². The number of hydrogen-bond donors (Lipinski definition) is 0. The molecule has 1 saturated heterocycles. The van der Waals surface area contributed by atoms with Crippen molar-refractivity contribution in [2.45, 2.75) is 58.3 Å². The zero-order chi connectivity index (χ0) is 25.8. The van der Waals surface area contributed by atoms with Crippen LogP contribution in [0.3, 0.4) is 0 Å². The topological polar surface area (TPSA) is 59.5 Å². The molecule has 2 atom stereocenters. The molecule has 5 nitrogen and oxygen atoms in total. The van der Waals surface area contributed by atoms with Crippen molar-refractivity contribution in [3.05, 3.63) is 71.3 Å². The zero-order valence-corrected chi connectivity index (χ0v) is 22.1. The predicted molar refractivity (Wildman–Crippen MR) is 148 cm³/mol. The number of rotatable bonds is 8. The molecule has 37 heavy (non-hydrogen) atoms. The van der Waals surface area contributed by atoms with Gasteiger partial charge in [-0.2, -0.15) is 0 Å². The highest BCUT2D eigenvalue weighted by molar-refractivity contribution is 5.91. The van der Waals surface area contributed by atoms with Crippen LogP contribution in [0.1, 0.15) is 66.4 Å². The zero-order valence-electron chi connectivity index (χ0n) is 22.1. The number of methoxy groups -OCH3 is 1. The standard InChI is InChI=1S/C32H38N2O3/c1-22-7-5-10-26-15-16-30(33-31(22)26)34-19-17-25(18-20-34)29(35)21-27-11-6-9-23(27)13-14-24-8-3-4-12-28(24)32(36)37-2/h3-5,7-8,10,12,15-16,23,25,27H,6,9,11,13-14,17-21H2,1-2H3/t23-,27+/m0/s1. The van der Waals surface area contributed by atoms with Gasteiger partial charge >= 0.3 is 5.97 Å². The van der Waals surface area contributed by atoms with E-state index in [0.29, 0.717) is 29.6 Å². The van der Waals surface area contributed by atoms with Crippen LogP contribution in [-0.2, 0) is 16.0 Å². The average molecular weight is 499 g/mol. The fraction of sp³-hybridized carbons (Fsp3) is 0.469. The molecule has 0 radical (unpaired) electrons. The Kier molecular flexibility index (Phi) is 7.87. The number of aryl methyl sites for hydroxylation is 2. The van der Waals surface area contributed by atoms with Gasteiger partial charge in [0.1, 0.15) is 11.6 Å². The van der Waals surface area contributed by atoms with Crippen molar-refractivity contribution in [3.63, 3.8) is 0 Å². The first-order valence-corrected chi connectivity index (χ1v) is 13.8. The Morgan fingerprint density at radius 1 is 0.946 bits per heavy atom. The summed E-state index contributed by atoms with van der Waals surface area (Å²) in [6.07, 6.45) is 7.95. The second-order valence-corrected chi connectivity index (χ2v) is 10.9. The molecule has 0 bridgehead atoms. The van der Waals surface area contributed by atoms with Gasteiger partial charge < -0.3 is 9.64 Å². The summed E-state index contributed by atoms with van der Waals surface area (Å²) in [7, 11) is 1.43. The molecule has 0 amide bonds. The van der Waals surface area contributed by atoms with Crippen LogP contribution in [0.4, 0.5) is 5.82 Å². The molecule has 0 unspecified atom stereocenters. The summed E-state index contributed by atoms with van der Waals surface area (Å²) < 4.78 is 4.96. The third kappa shape index (κ3) is 5.71. The minimum absolute atomic E-state index is 0.166. The van der Waals surface area contributed by atoms with Crippen molar-refractivity contribution in [1.29, 1.82) is 0 Å². The van der Waals surface area contributed by atoms with Gasteiger partial charge in [0.15, 0.2) is 0 Å². The lowest BCUT2D eigenvalue weighted by atomic mass is 9.82. The number of carbonyl (C=O) groups is 2. The van der Waals surface area contributed by atoms with Crippen LogP contribution in [-0.4, -0.2) is 36.9 Å². The molecular weight excluding hydrogens is 460 g/mol. The van der Waals surface area contributed by atoms with Gasteiger partial charge in [0.25, 0.3) is 0 Å². The van der Waals surface area contributed by atoms with E-state index in [1.807, 2.05) is 24.3 Å². The van der Waals surface area contributed by atoms with E-state index in [0.717, 1.165) is 62.1 Å². The molecule has 0 N–H and O–H groups in total. The van der Waals surface area contributed by atoms with Gasteiger partial charge in [-0.15, -0.1) is 0 Å². The molecule has 0 spiro atoms. The second kappa shape index (κ2) is 11.5. The van der Waals surface area contributed by atoms with Crippen LogP contribution in [0.5, 0.6) is 0 Å². The molecule has 1 saturated carbocycles. The summed E-state index contributed by atoms with van der Waals surface area (Å²) in [6, 6.07) is 18.3. The van der Waals surface area contributed by atoms with Gasteiger partial charge in [-0.05, 0) is 80.2 Å². The number of para-hydroxylation sites is 1. The Bertz CT molecular complexity index is 1260. The largest absolute Gasteiger partial charge is 0.465 e. The Morgan fingerprint density at radius 2 is 1.73 bits per heavy atom. The van der Waals surface area contributed by atoms with Crippen molar-refractivity contribution >= 4 is 28.5 Å². The van der Waals surface area contributed by atoms with E-state index in [9.17, 15) is 9.59 Å². The van der Waals surface area contributed by atoms with Gasteiger partial charge in [0.05, 0.1) is 18.2 Å². The van der Waals surface area contributed by atoms with Gasteiger partial charge in [0.2, 0.25) is 0 Å². The van der Waals surface area contributed by atoms with Crippen LogP contribution in [0, 0.1) is 24.7 Å². The van der Waals surface area contributed by atoms with Crippen LogP contribution >= 0.6 is 0 Å². The number of carbonyl (C=O) groups excluding carboxylic acids is 2. The van der Waals surface area contributed by atoms with Crippen molar-refractivity contribution in [2.24, 2.45) is 17.8 Å². The maximum atomic E-state index is 13.3. The van der Waals surface area contributed by atoms with E-state index in [1.165, 1.54) is 30.9 Å². The number of hydrogen-bond acceptors (Lipinski definition) is 5. The number of aromatic nitrogens is 1. The number of Topliss-reactive ketones (excluding diaryl/α,β-unsaturated/α-hetero) is 1. The lowest BCUT2D eigenvalue weighted by molar-refractivity contribution is -0.124. The first-order chi connectivity index (χ1) is 18.0. The highest BCUT2D eigenvalue weighted by atomic mass is 16.5. The number of piperidine rings is 1. The number of ketones is 1. The molecule has 1 aliphatic carbocycles. The lowest BCUT2D eigenvalue weighted by Crippen LogP contribution is -2.37. The average Bonchev–Trinajstić information content (AvgIpc) is 3.38. The molecule has 2 aromatic carbocycles. The Morgan fingerprint density at radius 3 is 2.54 bits per heavy atom.